The fourth-order valence-electron chi connectivity index (χ4n) is 0.806. The smallest absolute Gasteiger partial charge is 0.0169 e. The van der Waals surface area contributed by atoms with Gasteiger partial charge in [0, 0.05) is 0 Å². The van der Waals surface area contributed by atoms with Crippen LogP contribution in [-0.4, -0.2) is 0 Å². The van der Waals surface area contributed by atoms with E-state index in [0.717, 1.165) is 18.8 Å². The van der Waals surface area contributed by atoms with Crippen molar-refractivity contribution in [3.05, 3.63) is 24.3 Å². The predicted octanol–water partition coefficient (Wildman–Crippen LogP) is 3.95. The summed E-state index contributed by atoms with van der Waals surface area (Å²) in [5.74, 6) is 0.793. The molecule has 0 saturated carbocycles. The summed E-state index contributed by atoms with van der Waals surface area (Å²) in [7, 11) is 0. The first-order valence-electron chi connectivity index (χ1n) is 4.57. The molecule has 11 heavy (non-hydrogen) atoms. The van der Waals surface area contributed by atoms with Gasteiger partial charge in [-0.05, 0) is 25.2 Å². The van der Waals surface area contributed by atoms with Gasteiger partial charge in [0.1, 0.15) is 0 Å². The summed E-state index contributed by atoms with van der Waals surface area (Å²) in [6.07, 6.45) is 12.4. The highest BCUT2D eigenvalue weighted by atomic mass is 13.9. The monoisotopic (exact) mass is 152 g/mol. The first-order valence-corrected chi connectivity index (χ1v) is 4.57. The largest absolute Gasteiger partial charge is 0.0885 e. The Balaban J connectivity index is 3.23. The quantitative estimate of drug-likeness (QED) is 0.523. The van der Waals surface area contributed by atoms with Gasteiger partial charge < -0.3 is 0 Å². The van der Waals surface area contributed by atoms with Crippen molar-refractivity contribution < 1.29 is 0 Å². The molecule has 64 valence electrons. The molecule has 0 fully saturated rings. The molecule has 0 spiro atoms. The Hall–Kier alpha value is -0.520. The molecule has 0 nitrogen and oxygen atoms in total. The molecular weight excluding hydrogens is 132 g/mol. The van der Waals surface area contributed by atoms with Crippen LogP contribution in [0.15, 0.2) is 24.3 Å². The van der Waals surface area contributed by atoms with Crippen LogP contribution in [0.5, 0.6) is 0 Å². The van der Waals surface area contributed by atoms with Crippen molar-refractivity contribution in [2.45, 2.75) is 40.0 Å². The Bertz CT molecular complexity index is 118. The predicted molar refractivity (Wildman–Crippen MR) is 52.6 cm³/mol. The van der Waals surface area contributed by atoms with Gasteiger partial charge in [0.15, 0.2) is 0 Å². The molecule has 0 atom stereocenters. The summed E-state index contributed by atoms with van der Waals surface area (Å²) in [6.45, 7) is 6.65. The van der Waals surface area contributed by atoms with Crippen molar-refractivity contribution in [2.24, 2.45) is 5.92 Å². The van der Waals surface area contributed by atoms with Gasteiger partial charge >= 0.3 is 0 Å². The van der Waals surface area contributed by atoms with E-state index in [-0.39, 0.29) is 0 Å². The van der Waals surface area contributed by atoms with Crippen molar-refractivity contribution in [3.8, 4) is 0 Å². The lowest BCUT2D eigenvalue weighted by atomic mass is 10.1. The van der Waals surface area contributed by atoms with Gasteiger partial charge in [0.25, 0.3) is 0 Å². The van der Waals surface area contributed by atoms with E-state index in [0.29, 0.717) is 0 Å². The molecule has 0 heteroatoms. The summed E-state index contributed by atoms with van der Waals surface area (Å²) < 4.78 is 0. The Morgan fingerprint density at radius 2 is 1.64 bits per heavy atom. The molecule has 0 heterocycles. The van der Waals surface area contributed by atoms with Crippen molar-refractivity contribution >= 4 is 0 Å². The summed E-state index contributed by atoms with van der Waals surface area (Å²) in [5.41, 5.74) is 0. The van der Waals surface area contributed by atoms with E-state index in [1.165, 1.54) is 6.42 Å². The van der Waals surface area contributed by atoms with Crippen LogP contribution >= 0.6 is 0 Å². The molecule has 0 aliphatic heterocycles. The van der Waals surface area contributed by atoms with Crippen LogP contribution in [0, 0.1) is 5.92 Å². The molecule has 0 N–H and O–H groups in total. The fourth-order valence-corrected chi connectivity index (χ4v) is 0.806. The maximum atomic E-state index is 2.27. The summed E-state index contributed by atoms with van der Waals surface area (Å²) >= 11 is 0. The zero-order valence-corrected chi connectivity index (χ0v) is 8.01. The average molecular weight is 152 g/mol. The van der Waals surface area contributed by atoms with E-state index in [1.807, 2.05) is 0 Å². The standard InChI is InChI=1S/C11H20/c1-4-5-6-7-8-9-10-11(2)3/h5-6,8-9,11H,4,7,10H2,1-3H3/b6-5-,9-8-. The van der Waals surface area contributed by atoms with Gasteiger partial charge in [0.2, 0.25) is 0 Å². The highest BCUT2D eigenvalue weighted by Gasteiger charge is 1.85. The van der Waals surface area contributed by atoms with Gasteiger partial charge in [0.05, 0.1) is 0 Å². The van der Waals surface area contributed by atoms with Gasteiger partial charge in [-0.25, -0.2) is 0 Å². The Kier molecular flexibility index (Phi) is 7.23. The molecule has 0 amide bonds. The molecule has 0 aromatic heterocycles. The van der Waals surface area contributed by atoms with E-state index in [4.69, 9.17) is 0 Å². The third-order valence-electron chi connectivity index (χ3n) is 1.45. The zero-order chi connectivity index (χ0) is 8.53. The molecule has 0 bridgehead atoms. The SMILES string of the molecule is CC/C=C\C/C=C\CC(C)C. The van der Waals surface area contributed by atoms with Crippen LogP contribution < -0.4 is 0 Å². The summed E-state index contributed by atoms with van der Waals surface area (Å²) in [4.78, 5) is 0. The van der Waals surface area contributed by atoms with Gasteiger partial charge in [-0.3, -0.25) is 0 Å². The highest BCUT2D eigenvalue weighted by Crippen LogP contribution is 2.00. The van der Waals surface area contributed by atoms with E-state index >= 15 is 0 Å². The maximum Gasteiger partial charge on any atom is -0.0169 e. The number of rotatable bonds is 5. The number of hydrogen-bond acceptors (Lipinski definition) is 0. The Morgan fingerprint density at radius 1 is 1.00 bits per heavy atom. The van der Waals surface area contributed by atoms with Crippen molar-refractivity contribution in [1.82, 2.24) is 0 Å². The maximum absolute atomic E-state index is 2.27. The van der Waals surface area contributed by atoms with Crippen molar-refractivity contribution in [2.75, 3.05) is 0 Å². The van der Waals surface area contributed by atoms with Crippen molar-refractivity contribution in [1.29, 1.82) is 0 Å². The second-order valence-electron chi connectivity index (χ2n) is 3.22. The number of allylic oxidation sites excluding steroid dienone is 4. The third-order valence-corrected chi connectivity index (χ3v) is 1.45. The second-order valence-corrected chi connectivity index (χ2v) is 3.22. The molecule has 0 unspecified atom stereocenters. The van der Waals surface area contributed by atoms with Crippen LogP contribution in [0.25, 0.3) is 0 Å². The minimum Gasteiger partial charge on any atom is -0.0885 e. The molecule has 0 aliphatic rings. The van der Waals surface area contributed by atoms with Crippen molar-refractivity contribution in [3.63, 3.8) is 0 Å². The minimum absolute atomic E-state index is 0.793. The summed E-state index contributed by atoms with van der Waals surface area (Å²) in [5, 5.41) is 0. The molecule has 0 aliphatic carbocycles. The average Bonchev–Trinajstić information content (AvgIpc) is 1.96. The van der Waals surface area contributed by atoms with Crippen LogP contribution in [0.3, 0.4) is 0 Å². The molecule has 0 aromatic rings. The normalized spacial score (nSPS) is 12.4. The molecule has 0 saturated heterocycles. The fraction of sp³-hybridized carbons (Fsp3) is 0.636. The highest BCUT2D eigenvalue weighted by molar-refractivity contribution is 4.92. The summed E-state index contributed by atoms with van der Waals surface area (Å²) in [6, 6.07) is 0. The third kappa shape index (κ3) is 9.48. The van der Waals surface area contributed by atoms with Crippen LogP contribution in [-0.2, 0) is 0 Å². The Morgan fingerprint density at radius 3 is 2.18 bits per heavy atom. The van der Waals surface area contributed by atoms with Crippen LogP contribution in [0.1, 0.15) is 40.0 Å². The van der Waals surface area contributed by atoms with Crippen LogP contribution in [0.2, 0.25) is 0 Å². The minimum atomic E-state index is 0.793. The lowest BCUT2D eigenvalue weighted by molar-refractivity contribution is 0.663. The molecule has 0 rings (SSSR count). The van der Waals surface area contributed by atoms with E-state index in [2.05, 4.69) is 45.1 Å². The molecule has 0 radical (unpaired) electrons. The van der Waals surface area contributed by atoms with E-state index in [9.17, 15) is 0 Å². The van der Waals surface area contributed by atoms with Gasteiger partial charge in [-0.1, -0.05) is 45.1 Å². The lowest BCUT2D eigenvalue weighted by Crippen LogP contribution is -1.80. The van der Waals surface area contributed by atoms with Crippen LogP contribution in [0.4, 0.5) is 0 Å². The van der Waals surface area contributed by atoms with E-state index < -0.39 is 0 Å². The molecular formula is C11H20. The van der Waals surface area contributed by atoms with E-state index in [1.54, 1.807) is 0 Å². The number of hydrogen-bond donors (Lipinski definition) is 0. The van der Waals surface area contributed by atoms with Gasteiger partial charge in [-0.15, -0.1) is 0 Å². The topological polar surface area (TPSA) is 0 Å². The second kappa shape index (κ2) is 7.59. The lowest BCUT2D eigenvalue weighted by Gasteiger charge is -1.95. The Labute approximate surface area is 71.0 Å². The first kappa shape index (κ1) is 10.5. The zero-order valence-electron chi connectivity index (χ0n) is 8.01. The first-order chi connectivity index (χ1) is 5.27. The molecule has 0 aromatic carbocycles. The van der Waals surface area contributed by atoms with Gasteiger partial charge in [-0.2, -0.15) is 0 Å².